The first-order valence-corrected chi connectivity index (χ1v) is 6.10. The van der Waals surface area contributed by atoms with Gasteiger partial charge < -0.3 is 0 Å². The van der Waals surface area contributed by atoms with Crippen molar-refractivity contribution in [2.45, 2.75) is 0 Å². The van der Waals surface area contributed by atoms with Gasteiger partial charge in [0.15, 0.2) is 0 Å². The molecule has 0 N–H and O–H groups in total. The molecule has 2 aromatic heterocycles. The van der Waals surface area contributed by atoms with Crippen molar-refractivity contribution >= 4 is 27.2 Å². The topological polar surface area (TPSA) is 34.4 Å². The van der Waals surface area contributed by atoms with Crippen molar-refractivity contribution in [2.75, 3.05) is 0 Å². The number of nitrogens with zero attached hydrogens (tertiary/aromatic N) is 2. The number of allylic oxidation sites excluding steroid dienone is 4. The molecule has 3 nitrogen and oxygen atoms in total. The number of aromatic nitrogens is 2. The van der Waals surface area contributed by atoms with Gasteiger partial charge in [-0.15, -0.1) is 0 Å². The van der Waals surface area contributed by atoms with Gasteiger partial charge >= 0.3 is 0 Å². The van der Waals surface area contributed by atoms with Crippen molar-refractivity contribution in [3.63, 3.8) is 0 Å². The number of fused-ring (bicyclic) bond motifs is 1. The van der Waals surface area contributed by atoms with Gasteiger partial charge in [0.2, 0.25) is 0 Å². The van der Waals surface area contributed by atoms with Crippen LogP contribution >= 0.6 is 15.9 Å². The number of hydrogen-bond acceptors (Lipinski definition) is 2. The van der Waals surface area contributed by atoms with Crippen molar-refractivity contribution in [1.82, 2.24) is 9.38 Å². The second-order valence-electron chi connectivity index (χ2n) is 3.57. The lowest BCUT2D eigenvalue weighted by Gasteiger charge is -2.07. The first-order chi connectivity index (χ1) is 8.69. The summed E-state index contributed by atoms with van der Waals surface area (Å²) in [5, 5.41) is 0. The molecule has 4 heteroatoms. The van der Waals surface area contributed by atoms with Gasteiger partial charge in [-0.25, -0.2) is 4.98 Å². The number of pyridine rings is 1. The van der Waals surface area contributed by atoms with Gasteiger partial charge in [0.05, 0.1) is 5.69 Å². The molecule has 0 aliphatic carbocycles. The summed E-state index contributed by atoms with van der Waals surface area (Å²) in [5.41, 5.74) is 1.77. The molecule has 0 spiro atoms. The second kappa shape index (κ2) is 5.14. The quantitative estimate of drug-likeness (QED) is 0.816. The van der Waals surface area contributed by atoms with Crippen LogP contribution in [-0.4, -0.2) is 9.38 Å². The maximum Gasteiger partial charge on any atom is 0.272 e. The van der Waals surface area contributed by atoms with E-state index in [1.165, 1.54) is 4.40 Å². The molecule has 0 fully saturated rings. The lowest BCUT2D eigenvalue weighted by molar-refractivity contribution is 1.02. The maximum absolute atomic E-state index is 12.2. The van der Waals surface area contributed by atoms with E-state index in [1.54, 1.807) is 36.6 Å². The van der Waals surface area contributed by atoms with Crippen LogP contribution in [-0.2, 0) is 0 Å². The van der Waals surface area contributed by atoms with E-state index < -0.39 is 0 Å². The largest absolute Gasteiger partial charge is 0.272 e. The van der Waals surface area contributed by atoms with Gasteiger partial charge in [-0.2, -0.15) is 0 Å². The van der Waals surface area contributed by atoms with Crippen molar-refractivity contribution in [3.05, 3.63) is 76.3 Å². The van der Waals surface area contributed by atoms with Crippen LogP contribution in [0.4, 0.5) is 0 Å². The summed E-state index contributed by atoms with van der Waals surface area (Å²) in [6, 6.07) is 5.41. The molecule has 2 rings (SSSR count). The molecule has 0 aliphatic heterocycles. The maximum atomic E-state index is 12.2. The van der Waals surface area contributed by atoms with Crippen LogP contribution < -0.4 is 5.56 Å². The molecular weight excluding hydrogens is 292 g/mol. The second-order valence-corrected chi connectivity index (χ2v) is 4.36. The van der Waals surface area contributed by atoms with E-state index in [2.05, 4.69) is 34.1 Å². The Morgan fingerprint density at radius 1 is 1.39 bits per heavy atom. The van der Waals surface area contributed by atoms with Crippen LogP contribution in [0.1, 0.15) is 5.69 Å². The predicted molar refractivity (Wildman–Crippen MR) is 77.5 cm³/mol. The molecule has 18 heavy (non-hydrogen) atoms. The van der Waals surface area contributed by atoms with Crippen LogP contribution in [0.25, 0.3) is 11.2 Å². The monoisotopic (exact) mass is 302 g/mol. The van der Waals surface area contributed by atoms with Gasteiger partial charge in [-0.1, -0.05) is 37.5 Å². The van der Waals surface area contributed by atoms with Crippen LogP contribution in [0.5, 0.6) is 0 Å². The highest BCUT2D eigenvalue weighted by atomic mass is 79.9. The van der Waals surface area contributed by atoms with Gasteiger partial charge in [0, 0.05) is 11.8 Å². The first-order valence-electron chi connectivity index (χ1n) is 5.31. The highest BCUT2D eigenvalue weighted by molar-refractivity contribution is 9.10. The molecule has 0 amide bonds. The van der Waals surface area contributed by atoms with Gasteiger partial charge in [0.25, 0.3) is 5.56 Å². The molecule has 0 saturated carbocycles. The summed E-state index contributed by atoms with van der Waals surface area (Å²) >= 11 is 3.29. The zero-order valence-electron chi connectivity index (χ0n) is 9.64. The molecule has 90 valence electrons. The lowest BCUT2D eigenvalue weighted by atomic mass is 10.1. The average Bonchev–Trinajstić information content (AvgIpc) is 2.40. The van der Waals surface area contributed by atoms with E-state index in [-0.39, 0.29) is 5.56 Å². The zero-order chi connectivity index (χ0) is 13.1. The summed E-state index contributed by atoms with van der Waals surface area (Å²) in [7, 11) is 0. The zero-order valence-corrected chi connectivity index (χ0v) is 11.2. The Kier molecular flexibility index (Phi) is 3.58. The van der Waals surface area contributed by atoms with E-state index in [1.807, 2.05) is 6.07 Å². The van der Waals surface area contributed by atoms with Crippen LogP contribution in [0.2, 0.25) is 0 Å². The molecule has 0 atom stereocenters. The smallest absolute Gasteiger partial charge is 0.268 e. The Bertz CT molecular complexity index is 713. The minimum Gasteiger partial charge on any atom is -0.268 e. The molecule has 2 aromatic rings. The lowest BCUT2D eigenvalue weighted by Crippen LogP contribution is -2.17. The normalized spacial score (nSPS) is 11.5. The van der Waals surface area contributed by atoms with E-state index in [0.29, 0.717) is 15.8 Å². The highest BCUT2D eigenvalue weighted by Gasteiger charge is 2.11. The Morgan fingerprint density at radius 2 is 2.17 bits per heavy atom. The van der Waals surface area contributed by atoms with Crippen LogP contribution in [0, 0.1) is 0 Å². The Hall–Kier alpha value is -1.94. The van der Waals surface area contributed by atoms with E-state index in [4.69, 9.17) is 0 Å². The Morgan fingerprint density at radius 3 is 2.83 bits per heavy atom. The molecule has 0 bridgehead atoms. The molecule has 0 aliphatic rings. The van der Waals surface area contributed by atoms with Gasteiger partial charge in [0.1, 0.15) is 10.1 Å². The third-order valence-electron chi connectivity index (χ3n) is 2.47. The van der Waals surface area contributed by atoms with Gasteiger partial charge in [-0.05, 0) is 28.1 Å². The molecule has 0 aromatic carbocycles. The fourth-order valence-corrected chi connectivity index (χ4v) is 2.14. The summed E-state index contributed by atoms with van der Waals surface area (Å²) < 4.78 is 1.90. The fourth-order valence-electron chi connectivity index (χ4n) is 1.63. The van der Waals surface area contributed by atoms with E-state index in [0.717, 1.165) is 5.57 Å². The van der Waals surface area contributed by atoms with Crippen LogP contribution in [0.3, 0.4) is 0 Å². The number of hydrogen-bond donors (Lipinski definition) is 0. The Balaban J connectivity index is 2.85. The van der Waals surface area contributed by atoms with Crippen LogP contribution in [0.15, 0.2) is 65.0 Å². The highest BCUT2D eigenvalue weighted by Crippen LogP contribution is 2.20. The van der Waals surface area contributed by atoms with Crippen molar-refractivity contribution in [3.8, 4) is 0 Å². The van der Waals surface area contributed by atoms with E-state index in [9.17, 15) is 4.79 Å². The predicted octanol–water partition coefficient (Wildman–Crippen LogP) is 3.21. The molecule has 2 heterocycles. The molecular formula is C14H11BrN2O. The SMILES string of the molecule is C=C/C=C(\C=C)c1nc2ccccn2c(=O)c1Br. The molecule has 0 saturated heterocycles. The summed E-state index contributed by atoms with van der Waals surface area (Å²) in [6.45, 7) is 7.36. The average molecular weight is 303 g/mol. The number of rotatable bonds is 3. The standard InChI is InChI=1S/C14H11BrN2O/c1-3-7-10(4-2)13-12(15)14(18)17-9-6-5-8-11(17)16-13/h3-9H,1-2H2/b10-7+. The third kappa shape index (κ3) is 2.07. The van der Waals surface area contributed by atoms with Crippen molar-refractivity contribution in [1.29, 1.82) is 0 Å². The van der Waals surface area contributed by atoms with E-state index >= 15 is 0 Å². The summed E-state index contributed by atoms with van der Waals surface area (Å²) in [5.74, 6) is 0. The summed E-state index contributed by atoms with van der Waals surface area (Å²) in [4.78, 5) is 16.6. The first kappa shape index (κ1) is 12.5. The minimum absolute atomic E-state index is 0.146. The molecule has 0 unspecified atom stereocenters. The molecule has 0 radical (unpaired) electrons. The van der Waals surface area contributed by atoms with Crippen molar-refractivity contribution in [2.24, 2.45) is 0 Å². The summed E-state index contributed by atoms with van der Waals surface area (Å²) in [6.07, 6.45) is 6.73. The van der Waals surface area contributed by atoms with Gasteiger partial charge in [-0.3, -0.25) is 9.20 Å². The third-order valence-corrected chi connectivity index (χ3v) is 3.18. The van der Waals surface area contributed by atoms with Crippen molar-refractivity contribution < 1.29 is 0 Å². The minimum atomic E-state index is -0.146. The number of halogens is 1. The fraction of sp³-hybridized carbons (Fsp3) is 0. The Labute approximate surface area is 113 Å².